The van der Waals surface area contributed by atoms with Gasteiger partial charge in [0.2, 0.25) is 0 Å². The minimum atomic E-state index is -0.644. The number of nitrogens with one attached hydrogen (secondary N) is 1. The van der Waals surface area contributed by atoms with Gasteiger partial charge < -0.3 is 10.4 Å². The van der Waals surface area contributed by atoms with Crippen LogP contribution < -0.4 is 5.32 Å². The van der Waals surface area contributed by atoms with Crippen molar-refractivity contribution in [2.24, 2.45) is 5.92 Å². The van der Waals surface area contributed by atoms with Crippen LogP contribution in [0.25, 0.3) is 0 Å². The van der Waals surface area contributed by atoms with Crippen LogP contribution in [0.3, 0.4) is 0 Å². The van der Waals surface area contributed by atoms with Crippen molar-refractivity contribution in [3.05, 3.63) is 33.3 Å². The normalized spacial score (nSPS) is 15.2. The molecule has 1 aliphatic rings. The van der Waals surface area contributed by atoms with Gasteiger partial charge >= 0.3 is 0 Å². The second-order valence-corrected chi connectivity index (χ2v) is 11.8. The lowest BCUT2D eigenvalue weighted by Gasteiger charge is -2.16. The summed E-state index contributed by atoms with van der Waals surface area (Å²) < 4.78 is 0. The van der Waals surface area contributed by atoms with Gasteiger partial charge in [0, 0.05) is 31.0 Å². The van der Waals surface area contributed by atoms with Crippen LogP contribution >= 0.6 is 23.2 Å². The largest absolute Gasteiger partial charge is 0.387 e. The van der Waals surface area contributed by atoms with E-state index in [1.807, 2.05) is 19.1 Å². The van der Waals surface area contributed by atoms with Crippen LogP contribution in [0.15, 0.2) is 12.1 Å². The Labute approximate surface area is 159 Å². The topological polar surface area (TPSA) is 32.3 Å². The van der Waals surface area contributed by atoms with Crippen molar-refractivity contribution in [2.45, 2.75) is 64.8 Å². The maximum atomic E-state index is 10.1. The molecule has 0 aliphatic heterocycles. The molecule has 0 bridgehead atoms. The number of hydrogen-bond donors (Lipinski definition) is 2. The first-order chi connectivity index (χ1) is 11.4. The maximum Gasteiger partial charge on any atom is 0.0943 e. The first kappa shape index (κ1) is 22.0. The number of hydrogen-bond acceptors (Lipinski definition) is 2. The van der Waals surface area contributed by atoms with Gasteiger partial charge in [0.25, 0.3) is 0 Å². The predicted octanol–water partition coefficient (Wildman–Crippen LogP) is 5.61. The molecule has 0 saturated heterocycles. The number of aliphatic hydroxyl groups is 1. The molecule has 1 saturated carbocycles. The molecule has 1 unspecified atom stereocenters. The summed E-state index contributed by atoms with van der Waals surface area (Å²) in [5.41, 5.74) is 1.63. The molecule has 24 heavy (non-hydrogen) atoms. The number of aryl methyl sites for hydroxylation is 1. The van der Waals surface area contributed by atoms with Crippen molar-refractivity contribution in [3.8, 4) is 0 Å². The minimum Gasteiger partial charge on any atom is -0.387 e. The Balaban J connectivity index is 0.000000351. The van der Waals surface area contributed by atoms with Gasteiger partial charge in [-0.3, -0.25) is 0 Å². The average molecular weight is 390 g/mol. The molecule has 2 N–H and O–H groups in total. The van der Waals surface area contributed by atoms with Crippen LogP contribution in [0.5, 0.6) is 0 Å². The van der Waals surface area contributed by atoms with Gasteiger partial charge in [-0.05, 0) is 49.9 Å². The number of halogens is 2. The first-order valence-electron chi connectivity index (χ1n) is 9.27. The summed E-state index contributed by atoms with van der Waals surface area (Å²) in [7, 11) is -0.171. The lowest BCUT2D eigenvalue weighted by Crippen LogP contribution is -2.23. The molecule has 5 heteroatoms. The van der Waals surface area contributed by atoms with Crippen molar-refractivity contribution in [2.75, 3.05) is 13.1 Å². The van der Waals surface area contributed by atoms with E-state index < -0.39 is 6.10 Å². The molecule has 2 rings (SSSR count). The zero-order valence-electron chi connectivity index (χ0n) is 15.5. The lowest BCUT2D eigenvalue weighted by atomic mass is 10.1. The molecule has 0 heterocycles. The molecule has 1 aromatic carbocycles. The zero-order valence-corrected chi connectivity index (χ0v) is 18.2. The Bertz CT molecular complexity index is 462. The fourth-order valence-corrected chi connectivity index (χ4v) is 5.32. The van der Waals surface area contributed by atoms with E-state index in [0.29, 0.717) is 22.2 Å². The van der Waals surface area contributed by atoms with E-state index in [1.54, 1.807) is 0 Å². The molecule has 0 radical (unpaired) electrons. The van der Waals surface area contributed by atoms with E-state index in [9.17, 15) is 5.11 Å². The predicted molar refractivity (Wildman–Crippen MR) is 110 cm³/mol. The standard InChI is InChI=1S/C13H17Cl2NO.C6H16Si/c1-8-4-10(14)13(11(15)5-8)12(17)7-16-6-9-2-3-9;1-4-7(5-2)6-3/h4-5,9,12,16-17H,2-3,6-7H2,1H3;7H,4-6H2,1-3H3. The molecule has 1 fully saturated rings. The van der Waals surface area contributed by atoms with E-state index in [4.69, 9.17) is 23.2 Å². The van der Waals surface area contributed by atoms with E-state index >= 15 is 0 Å². The molecule has 1 atom stereocenters. The number of benzene rings is 1. The molecule has 2 nitrogen and oxygen atoms in total. The van der Waals surface area contributed by atoms with Crippen LogP contribution in [-0.2, 0) is 0 Å². The molecule has 138 valence electrons. The second-order valence-electron chi connectivity index (χ2n) is 6.85. The molecule has 0 aromatic heterocycles. The summed E-state index contributed by atoms with van der Waals surface area (Å²) in [6.45, 7) is 10.4. The van der Waals surface area contributed by atoms with E-state index in [-0.39, 0.29) is 8.80 Å². The minimum absolute atomic E-state index is 0.171. The Kier molecular flexibility index (Phi) is 10.6. The van der Waals surface area contributed by atoms with Gasteiger partial charge in [0.15, 0.2) is 0 Å². The summed E-state index contributed by atoms with van der Waals surface area (Å²) in [4.78, 5) is 0. The summed E-state index contributed by atoms with van der Waals surface area (Å²) in [6.07, 6.45) is 1.96. The van der Waals surface area contributed by atoms with Gasteiger partial charge in [-0.2, -0.15) is 0 Å². The Morgan fingerprint density at radius 2 is 1.62 bits per heavy atom. The van der Waals surface area contributed by atoms with E-state index in [0.717, 1.165) is 18.0 Å². The van der Waals surface area contributed by atoms with Gasteiger partial charge in [-0.15, -0.1) is 0 Å². The Morgan fingerprint density at radius 3 is 2.00 bits per heavy atom. The fourth-order valence-electron chi connectivity index (χ4n) is 2.74. The lowest BCUT2D eigenvalue weighted by molar-refractivity contribution is 0.174. The van der Waals surface area contributed by atoms with Crippen molar-refractivity contribution in [1.82, 2.24) is 5.32 Å². The monoisotopic (exact) mass is 389 g/mol. The highest BCUT2D eigenvalue weighted by Gasteiger charge is 2.22. The average Bonchev–Trinajstić information content (AvgIpc) is 3.33. The van der Waals surface area contributed by atoms with Gasteiger partial charge in [-0.25, -0.2) is 0 Å². The third-order valence-electron chi connectivity index (χ3n) is 4.76. The third-order valence-corrected chi connectivity index (χ3v) is 8.85. The molecule has 1 aromatic rings. The van der Waals surface area contributed by atoms with Gasteiger partial charge in [0.05, 0.1) is 6.10 Å². The van der Waals surface area contributed by atoms with Crippen molar-refractivity contribution in [1.29, 1.82) is 0 Å². The van der Waals surface area contributed by atoms with Crippen LogP contribution in [0.2, 0.25) is 28.2 Å². The second kappa shape index (κ2) is 11.5. The van der Waals surface area contributed by atoms with Gasteiger partial charge in [0.1, 0.15) is 0 Å². The quantitative estimate of drug-likeness (QED) is 0.566. The summed E-state index contributed by atoms with van der Waals surface area (Å²) in [6, 6.07) is 8.13. The third kappa shape index (κ3) is 7.88. The SMILES string of the molecule is CC[SiH](CC)CC.Cc1cc(Cl)c(C(O)CNCC2CC2)c(Cl)c1. The first-order valence-corrected chi connectivity index (χ1v) is 12.5. The number of aliphatic hydroxyl groups excluding tert-OH is 1. The van der Waals surface area contributed by atoms with Crippen LogP contribution in [0.4, 0.5) is 0 Å². The fraction of sp³-hybridized carbons (Fsp3) is 0.684. The molecular formula is C19H33Cl2NOSi. The highest BCUT2D eigenvalue weighted by atomic mass is 35.5. The summed E-state index contributed by atoms with van der Waals surface area (Å²) >= 11 is 12.2. The maximum absolute atomic E-state index is 10.1. The Hall–Kier alpha value is -0.0631. The van der Waals surface area contributed by atoms with Crippen LogP contribution in [0, 0.1) is 12.8 Å². The smallest absolute Gasteiger partial charge is 0.0943 e. The highest BCUT2D eigenvalue weighted by molar-refractivity contribution is 6.58. The van der Waals surface area contributed by atoms with E-state index in [2.05, 4.69) is 26.1 Å². The van der Waals surface area contributed by atoms with Crippen molar-refractivity contribution in [3.63, 3.8) is 0 Å². The molecular weight excluding hydrogens is 357 g/mol. The van der Waals surface area contributed by atoms with Crippen LogP contribution in [0.1, 0.15) is 50.8 Å². The number of rotatable bonds is 8. The zero-order chi connectivity index (χ0) is 18.1. The molecule has 0 amide bonds. The van der Waals surface area contributed by atoms with Crippen molar-refractivity contribution >= 4 is 32.0 Å². The van der Waals surface area contributed by atoms with Crippen molar-refractivity contribution < 1.29 is 5.11 Å². The van der Waals surface area contributed by atoms with Crippen LogP contribution in [-0.4, -0.2) is 27.0 Å². The highest BCUT2D eigenvalue weighted by Crippen LogP contribution is 2.32. The summed E-state index contributed by atoms with van der Waals surface area (Å²) in [5, 5.41) is 14.4. The molecule has 1 aliphatic carbocycles. The Morgan fingerprint density at radius 1 is 1.12 bits per heavy atom. The van der Waals surface area contributed by atoms with E-state index in [1.165, 1.54) is 31.0 Å². The van der Waals surface area contributed by atoms with Gasteiger partial charge in [-0.1, -0.05) is 62.1 Å². The molecule has 0 spiro atoms. The summed E-state index contributed by atoms with van der Waals surface area (Å²) in [5.74, 6) is 0.797.